The Kier molecular flexibility index (Phi) is 6.64. The third-order valence-electron chi connectivity index (χ3n) is 5.33. The zero-order valence-electron chi connectivity index (χ0n) is 17.3. The van der Waals surface area contributed by atoms with Crippen LogP contribution in [0.15, 0.2) is 73.1 Å². The van der Waals surface area contributed by atoms with Gasteiger partial charge in [-0.3, -0.25) is 14.5 Å². The lowest BCUT2D eigenvalue weighted by molar-refractivity contribution is 0.0904. The Balaban J connectivity index is 1.25. The molecule has 1 aromatic heterocycles. The monoisotopic (exact) mass is 415 g/mol. The molecule has 4 rings (SSSR count). The van der Waals surface area contributed by atoms with Crippen molar-refractivity contribution in [2.45, 2.75) is 6.54 Å². The molecule has 1 aliphatic rings. The van der Waals surface area contributed by atoms with E-state index >= 15 is 0 Å². The van der Waals surface area contributed by atoms with Crippen molar-refractivity contribution in [1.29, 1.82) is 0 Å². The molecule has 2 heterocycles. The Morgan fingerprint density at radius 1 is 0.806 bits per heavy atom. The number of aromatic nitrogens is 2. The zero-order valence-corrected chi connectivity index (χ0v) is 17.3. The first-order valence-corrected chi connectivity index (χ1v) is 10.4. The summed E-state index contributed by atoms with van der Waals surface area (Å²) in [6, 6.07) is 18.4. The van der Waals surface area contributed by atoms with Crippen LogP contribution < -0.4 is 10.2 Å². The Bertz CT molecular complexity index is 1000. The molecule has 0 spiro atoms. The number of nitrogens with one attached hydrogen (secondary N) is 1. The first-order valence-electron chi connectivity index (χ1n) is 10.4. The van der Waals surface area contributed by atoms with Crippen molar-refractivity contribution in [2.24, 2.45) is 0 Å². The van der Waals surface area contributed by atoms with E-state index in [9.17, 15) is 9.59 Å². The van der Waals surface area contributed by atoms with Crippen LogP contribution in [0.2, 0.25) is 0 Å². The molecule has 2 aromatic carbocycles. The smallest absolute Gasteiger partial charge is 0.251 e. The van der Waals surface area contributed by atoms with E-state index in [-0.39, 0.29) is 18.2 Å². The van der Waals surface area contributed by atoms with Crippen molar-refractivity contribution >= 4 is 17.6 Å². The van der Waals surface area contributed by atoms with E-state index in [4.69, 9.17) is 0 Å². The molecule has 7 nitrogen and oxygen atoms in total. The number of benzene rings is 2. The number of anilines is 1. The Labute approximate surface area is 181 Å². The van der Waals surface area contributed by atoms with Crippen LogP contribution in [0.1, 0.15) is 26.3 Å². The number of rotatable bonds is 7. The van der Waals surface area contributed by atoms with Gasteiger partial charge in [0.15, 0.2) is 5.78 Å². The van der Waals surface area contributed by atoms with Crippen LogP contribution >= 0.6 is 0 Å². The lowest BCUT2D eigenvalue weighted by Gasteiger charge is -2.34. The van der Waals surface area contributed by atoms with Gasteiger partial charge in [0, 0.05) is 56.2 Å². The number of hydrogen-bond acceptors (Lipinski definition) is 6. The molecular weight excluding hydrogens is 390 g/mol. The largest absolute Gasteiger partial charge is 0.345 e. The van der Waals surface area contributed by atoms with Gasteiger partial charge in [-0.25, -0.2) is 9.97 Å². The van der Waals surface area contributed by atoms with Crippen molar-refractivity contribution in [3.8, 4) is 0 Å². The number of piperazine rings is 1. The maximum absolute atomic E-state index is 12.4. The van der Waals surface area contributed by atoms with Gasteiger partial charge in [-0.2, -0.15) is 0 Å². The summed E-state index contributed by atoms with van der Waals surface area (Å²) in [7, 11) is 0. The number of Topliss-reactive ketones (excluding diaryl/α,β-unsaturated/α-hetero) is 1. The molecule has 0 bridgehead atoms. The SMILES string of the molecule is O=C(CNC(=O)c1ccc(CN2CCN(c3ncccn3)CC2)cc1)c1ccccc1. The molecule has 158 valence electrons. The molecule has 0 aliphatic carbocycles. The van der Waals surface area contributed by atoms with Gasteiger partial charge >= 0.3 is 0 Å². The van der Waals surface area contributed by atoms with Crippen LogP contribution in [0.25, 0.3) is 0 Å². The normalized spacial score (nSPS) is 14.3. The van der Waals surface area contributed by atoms with Gasteiger partial charge in [0.25, 0.3) is 5.91 Å². The molecule has 1 amide bonds. The van der Waals surface area contributed by atoms with Gasteiger partial charge in [0.1, 0.15) is 0 Å². The second kappa shape index (κ2) is 9.95. The first-order chi connectivity index (χ1) is 15.2. The summed E-state index contributed by atoms with van der Waals surface area (Å²) in [4.78, 5) is 37.7. The number of amides is 1. The predicted octanol–water partition coefficient (Wildman–Crippen LogP) is 2.41. The van der Waals surface area contributed by atoms with Crippen molar-refractivity contribution in [2.75, 3.05) is 37.6 Å². The van der Waals surface area contributed by atoms with Crippen LogP contribution in [0.3, 0.4) is 0 Å². The molecule has 1 N–H and O–H groups in total. The van der Waals surface area contributed by atoms with E-state index in [0.717, 1.165) is 44.2 Å². The van der Waals surface area contributed by atoms with Crippen molar-refractivity contribution in [3.63, 3.8) is 0 Å². The van der Waals surface area contributed by atoms with Crippen molar-refractivity contribution in [3.05, 3.63) is 89.7 Å². The molecule has 7 heteroatoms. The van der Waals surface area contributed by atoms with Crippen LogP contribution in [0.5, 0.6) is 0 Å². The molecule has 31 heavy (non-hydrogen) atoms. The number of carbonyl (C=O) groups excluding carboxylic acids is 2. The Hall–Kier alpha value is -3.58. The summed E-state index contributed by atoms with van der Waals surface area (Å²) in [5, 5.41) is 2.70. The minimum absolute atomic E-state index is 0.0139. The number of hydrogen-bond donors (Lipinski definition) is 1. The predicted molar refractivity (Wildman–Crippen MR) is 119 cm³/mol. The minimum Gasteiger partial charge on any atom is -0.345 e. The van der Waals surface area contributed by atoms with E-state index < -0.39 is 0 Å². The van der Waals surface area contributed by atoms with E-state index in [1.54, 1.807) is 24.5 Å². The summed E-state index contributed by atoms with van der Waals surface area (Å²) >= 11 is 0. The number of nitrogens with zero attached hydrogens (tertiary/aromatic N) is 4. The molecule has 0 unspecified atom stereocenters. The van der Waals surface area contributed by atoms with E-state index in [1.807, 2.05) is 48.5 Å². The second-order valence-electron chi connectivity index (χ2n) is 7.48. The summed E-state index contributed by atoms with van der Waals surface area (Å²) in [6.07, 6.45) is 3.54. The quantitative estimate of drug-likeness (QED) is 0.597. The van der Waals surface area contributed by atoms with Crippen molar-refractivity contribution in [1.82, 2.24) is 20.2 Å². The highest BCUT2D eigenvalue weighted by Gasteiger charge is 2.19. The lowest BCUT2D eigenvalue weighted by Crippen LogP contribution is -2.46. The van der Waals surface area contributed by atoms with Gasteiger partial charge in [0.05, 0.1) is 6.54 Å². The van der Waals surface area contributed by atoms with Crippen LogP contribution in [-0.4, -0.2) is 59.3 Å². The fraction of sp³-hybridized carbons (Fsp3) is 0.250. The van der Waals surface area contributed by atoms with Gasteiger partial charge in [-0.05, 0) is 23.8 Å². The molecule has 0 saturated carbocycles. The molecule has 3 aromatic rings. The Morgan fingerprint density at radius 3 is 2.16 bits per heavy atom. The van der Waals surface area contributed by atoms with E-state index in [2.05, 4.69) is 25.1 Å². The molecular formula is C24H25N5O2. The maximum Gasteiger partial charge on any atom is 0.251 e. The topological polar surface area (TPSA) is 78.4 Å². The molecule has 0 atom stereocenters. The third kappa shape index (κ3) is 5.52. The standard InChI is InChI=1S/C24H25N5O2/c30-22(20-5-2-1-3-6-20)17-27-23(31)21-9-7-19(8-10-21)18-28-13-15-29(16-14-28)24-25-11-4-12-26-24/h1-12H,13-18H2,(H,27,31). The first kappa shape index (κ1) is 20.7. The fourth-order valence-corrected chi connectivity index (χ4v) is 3.57. The van der Waals surface area contributed by atoms with Gasteiger partial charge in [0.2, 0.25) is 5.95 Å². The summed E-state index contributed by atoms with van der Waals surface area (Å²) in [5.74, 6) is 0.432. The van der Waals surface area contributed by atoms with Crippen LogP contribution in [0, 0.1) is 0 Å². The van der Waals surface area contributed by atoms with Gasteiger partial charge in [-0.15, -0.1) is 0 Å². The maximum atomic E-state index is 12.4. The number of ketones is 1. The minimum atomic E-state index is -0.243. The third-order valence-corrected chi connectivity index (χ3v) is 5.33. The molecule has 1 saturated heterocycles. The number of carbonyl (C=O) groups is 2. The van der Waals surface area contributed by atoms with Crippen LogP contribution in [-0.2, 0) is 6.54 Å². The molecule has 0 radical (unpaired) electrons. The van der Waals surface area contributed by atoms with Gasteiger partial charge < -0.3 is 10.2 Å². The lowest BCUT2D eigenvalue weighted by atomic mass is 10.1. The second-order valence-corrected chi connectivity index (χ2v) is 7.48. The molecule has 1 fully saturated rings. The Morgan fingerprint density at radius 2 is 1.48 bits per heavy atom. The highest BCUT2D eigenvalue weighted by molar-refractivity contribution is 6.02. The van der Waals surface area contributed by atoms with E-state index in [1.165, 1.54) is 0 Å². The van der Waals surface area contributed by atoms with E-state index in [0.29, 0.717) is 11.1 Å². The average molecular weight is 415 g/mol. The zero-order chi connectivity index (χ0) is 21.5. The summed E-state index contributed by atoms with van der Waals surface area (Å²) in [5.41, 5.74) is 2.30. The highest BCUT2D eigenvalue weighted by Crippen LogP contribution is 2.13. The average Bonchev–Trinajstić information content (AvgIpc) is 2.84. The van der Waals surface area contributed by atoms with Crippen LogP contribution in [0.4, 0.5) is 5.95 Å². The molecule has 1 aliphatic heterocycles. The summed E-state index contributed by atoms with van der Waals surface area (Å²) in [6.45, 7) is 4.46. The van der Waals surface area contributed by atoms with Crippen molar-refractivity contribution < 1.29 is 9.59 Å². The summed E-state index contributed by atoms with van der Waals surface area (Å²) < 4.78 is 0. The van der Waals surface area contributed by atoms with Gasteiger partial charge in [-0.1, -0.05) is 42.5 Å². The fourth-order valence-electron chi connectivity index (χ4n) is 3.57. The highest BCUT2D eigenvalue weighted by atomic mass is 16.2.